The zero-order chi connectivity index (χ0) is 14.0. The van der Waals surface area contributed by atoms with Gasteiger partial charge < -0.3 is 5.11 Å². The first-order valence-electron chi connectivity index (χ1n) is 5.30. The average Bonchev–Trinajstić information content (AvgIpc) is 2.73. The van der Waals surface area contributed by atoms with Crippen LogP contribution >= 0.6 is 0 Å². The van der Waals surface area contributed by atoms with Crippen molar-refractivity contribution in [1.29, 1.82) is 0 Å². The zero-order valence-electron chi connectivity index (χ0n) is 9.55. The Bertz CT molecular complexity index is 591. The summed E-state index contributed by atoms with van der Waals surface area (Å²) < 4.78 is 39.4. The fraction of sp³-hybridized carbons (Fsp3) is 0.167. The molecule has 2 aromatic rings. The van der Waals surface area contributed by atoms with E-state index in [0.29, 0.717) is 11.8 Å². The molecule has 1 N–H and O–H groups in total. The van der Waals surface area contributed by atoms with Gasteiger partial charge in [-0.05, 0) is 0 Å². The van der Waals surface area contributed by atoms with Gasteiger partial charge in [0, 0.05) is 11.8 Å². The molecule has 4 nitrogen and oxygen atoms in total. The molecule has 0 saturated carbocycles. The van der Waals surface area contributed by atoms with Gasteiger partial charge in [-0.2, -0.15) is 18.3 Å². The number of carbonyl (C=O) groups is 1. The molecule has 1 heterocycles. The van der Waals surface area contributed by atoms with Gasteiger partial charge in [0.05, 0.1) is 0 Å². The van der Waals surface area contributed by atoms with Crippen LogP contribution in [-0.4, -0.2) is 20.9 Å². The van der Waals surface area contributed by atoms with Crippen LogP contribution in [0.2, 0.25) is 0 Å². The molecule has 0 fully saturated rings. The van der Waals surface area contributed by atoms with Gasteiger partial charge in [-0.15, -0.1) is 0 Å². The topological polar surface area (TPSA) is 55.1 Å². The summed E-state index contributed by atoms with van der Waals surface area (Å²) in [5.41, 5.74) is -0.923. The molecule has 0 aliphatic carbocycles. The van der Waals surface area contributed by atoms with Crippen molar-refractivity contribution in [2.75, 3.05) is 0 Å². The van der Waals surface area contributed by atoms with Crippen LogP contribution in [0.15, 0.2) is 36.5 Å². The maximum atomic E-state index is 12.9. The lowest BCUT2D eigenvalue weighted by molar-refractivity contribution is -0.139. The first-order chi connectivity index (χ1) is 8.88. The maximum absolute atomic E-state index is 12.9. The molecule has 0 aliphatic heterocycles. The molecule has 0 unspecified atom stereocenters. The van der Waals surface area contributed by atoms with Crippen LogP contribution in [-0.2, 0) is 17.5 Å². The van der Waals surface area contributed by atoms with Crippen LogP contribution < -0.4 is 0 Å². The third-order valence-electron chi connectivity index (χ3n) is 2.41. The van der Waals surface area contributed by atoms with Crippen molar-refractivity contribution in [3.05, 3.63) is 42.1 Å². The number of benzene rings is 1. The van der Waals surface area contributed by atoms with Gasteiger partial charge in [0.2, 0.25) is 0 Å². The van der Waals surface area contributed by atoms with Crippen molar-refractivity contribution < 1.29 is 23.1 Å². The van der Waals surface area contributed by atoms with Gasteiger partial charge in [-0.3, -0.25) is 9.48 Å². The van der Waals surface area contributed by atoms with Crippen LogP contribution in [0.25, 0.3) is 11.3 Å². The summed E-state index contributed by atoms with van der Waals surface area (Å²) in [5, 5.41) is 12.3. The number of hydrogen-bond acceptors (Lipinski definition) is 2. The second kappa shape index (κ2) is 4.75. The van der Waals surface area contributed by atoms with Crippen LogP contribution in [0.1, 0.15) is 5.56 Å². The van der Waals surface area contributed by atoms with E-state index in [4.69, 9.17) is 5.11 Å². The van der Waals surface area contributed by atoms with Gasteiger partial charge in [-0.1, -0.05) is 30.3 Å². The van der Waals surface area contributed by atoms with E-state index in [2.05, 4.69) is 5.10 Å². The van der Waals surface area contributed by atoms with Crippen molar-refractivity contribution in [2.45, 2.75) is 12.7 Å². The minimum absolute atomic E-state index is 0.269. The van der Waals surface area contributed by atoms with E-state index in [-0.39, 0.29) is 5.69 Å². The highest BCUT2D eigenvalue weighted by atomic mass is 19.4. The quantitative estimate of drug-likeness (QED) is 0.932. The lowest BCUT2D eigenvalue weighted by Gasteiger charge is -2.05. The van der Waals surface area contributed by atoms with E-state index in [1.54, 1.807) is 18.2 Å². The summed E-state index contributed by atoms with van der Waals surface area (Å²) in [5.74, 6) is -1.25. The number of carboxylic acid groups (broad SMARTS) is 1. The minimum atomic E-state index is -4.58. The number of rotatable bonds is 3. The Hall–Kier alpha value is -2.31. The number of nitrogens with zero attached hydrogens (tertiary/aromatic N) is 2. The molecular weight excluding hydrogens is 261 g/mol. The SMILES string of the molecule is O=C(O)Cn1cc(C(F)(F)F)c(-c2ccccc2)n1. The zero-order valence-corrected chi connectivity index (χ0v) is 9.55. The monoisotopic (exact) mass is 270 g/mol. The largest absolute Gasteiger partial charge is 0.480 e. The second-order valence-corrected chi connectivity index (χ2v) is 3.85. The average molecular weight is 270 g/mol. The number of hydrogen-bond donors (Lipinski definition) is 1. The summed E-state index contributed by atoms with van der Waals surface area (Å²) in [6, 6.07) is 7.83. The number of aliphatic carboxylic acids is 1. The predicted octanol–water partition coefficient (Wildman–Crippen LogP) is 2.65. The molecule has 7 heteroatoms. The Balaban J connectivity index is 2.52. The Kier molecular flexibility index (Phi) is 3.28. The third-order valence-corrected chi connectivity index (χ3v) is 2.41. The summed E-state index contributed by atoms with van der Waals surface area (Å²) in [6.45, 7) is -0.615. The number of halogens is 3. The summed E-state index contributed by atoms with van der Waals surface area (Å²) in [4.78, 5) is 10.5. The highest BCUT2D eigenvalue weighted by molar-refractivity contribution is 5.67. The van der Waals surface area contributed by atoms with Crippen LogP contribution in [0.5, 0.6) is 0 Å². The van der Waals surface area contributed by atoms with Crippen molar-refractivity contribution in [3.63, 3.8) is 0 Å². The van der Waals surface area contributed by atoms with E-state index in [9.17, 15) is 18.0 Å². The summed E-state index contributed by atoms with van der Waals surface area (Å²) >= 11 is 0. The molecule has 19 heavy (non-hydrogen) atoms. The first-order valence-corrected chi connectivity index (χ1v) is 5.30. The Morgan fingerprint density at radius 1 is 1.26 bits per heavy atom. The smallest absolute Gasteiger partial charge is 0.420 e. The fourth-order valence-corrected chi connectivity index (χ4v) is 1.66. The molecule has 0 atom stereocenters. The highest BCUT2D eigenvalue weighted by Crippen LogP contribution is 2.36. The van der Waals surface area contributed by atoms with Crippen LogP contribution in [0, 0.1) is 0 Å². The van der Waals surface area contributed by atoms with E-state index in [1.807, 2.05) is 0 Å². The molecule has 2 rings (SSSR count). The lowest BCUT2D eigenvalue weighted by Crippen LogP contribution is -2.09. The van der Waals surface area contributed by atoms with Gasteiger partial charge >= 0.3 is 12.1 Å². The maximum Gasteiger partial charge on any atom is 0.420 e. The van der Waals surface area contributed by atoms with Crippen molar-refractivity contribution in [2.24, 2.45) is 0 Å². The fourth-order valence-electron chi connectivity index (χ4n) is 1.66. The van der Waals surface area contributed by atoms with E-state index in [1.165, 1.54) is 12.1 Å². The van der Waals surface area contributed by atoms with E-state index in [0.717, 1.165) is 4.68 Å². The normalized spacial score (nSPS) is 11.5. The second-order valence-electron chi connectivity index (χ2n) is 3.85. The molecule has 0 saturated heterocycles. The predicted molar refractivity (Wildman–Crippen MR) is 60.3 cm³/mol. The molecule has 1 aromatic heterocycles. The van der Waals surface area contributed by atoms with Gasteiger partial charge in [0.25, 0.3) is 0 Å². The Morgan fingerprint density at radius 3 is 2.42 bits per heavy atom. The molecule has 100 valence electrons. The van der Waals surface area contributed by atoms with Crippen molar-refractivity contribution in [3.8, 4) is 11.3 Å². The molecule has 0 spiro atoms. The van der Waals surface area contributed by atoms with Crippen LogP contribution in [0.4, 0.5) is 13.2 Å². The number of carboxylic acids is 1. The third kappa shape index (κ3) is 2.93. The molecular formula is C12H9F3N2O2. The summed E-state index contributed by atoms with van der Waals surface area (Å²) in [6.07, 6.45) is -3.88. The Morgan fingerprint density at radius 2 is 1.89 bits per heavy atom. The minimum Gasteiger partial charge on any atom is -0.480 e. The van der Waals surface area contributed by atoms with E-state index < -0.39 is 24.3 Å². The standard InChI is InChI=1S/C12H9F3N2O2/c13-12(14,15)9-6-17(7-10(18)19)16-11(9)8-4-2-1-3-5-8/h1-6H,7H2,(H,18,19). The molecule has 0 radical (unpaired) electrons. The highest BCUT2D eigenvalue weighted by Gasteiger charge is 2.36. The van der Waals surface area contributed by atoms with Gasteiger partial charge in [0.15, 0.2) is 0 Å². The molecule has 0 aliphatic rings. The molecule has 1 aromatic carbocycles. The van der Waals surface area contributed by atoms with Gasteiger partial charge in [0.1, 0.15) is 17.8 Å². The van der Waals surface area contributed by atoms with Crippen molar-refractivity contribution in [1.82, 2.24) is 9.78 Å². The Labute approximate surface area is 106 Å². The molecule has 0 amide bonds. The van der Waals surface area contributed by atoms with E-state index >= 15 is 0 Å². The van der Waals surface area contributed by atoms with Gasteiger partial charge in [-0.25, -0.2) is 0 Å². The van der Waals surface area contributed by atoms with Crippen molar-refractivity contribution >= 4 is 5.97 Å². The van der Waals surface area contributed by atoms with Crippen LogP contribution in [0.3, 0.4) is 0 Å². The lowest BCUT2D eigenvalue weighted by atomic mass is 10.1. The number of aromatic nitrogens is 2. The number of alkyl halides is 3. The molecule has 0 bridgehead atoms. The first kappa shape index (κ1) is 13.1. The summed E-state index contributed by atoms with van der Waals surface area (Å²) in [7, 11) is 0.